The molecule has 2 amide bonds. The Bertz CT molecular complexity index is 1030. The Kier molecular flexibility index (Phi) is 5.94. The molecule has 1 N–H and O–H groups in total. The van der Waals surface area contributed by atoms with Crippen LogP contribution in [0.1, 0.15) is 11.1 Å². The zero-order valence-electron chi connectivity index (χ0n) is 16.4. The number of halogens is 1. The van der Waals surface area contributed by atoms with Gasteiger partial charge in [0.1, 0.15) is 5.70 Å². The SMILES string of the molecule is C=CCN1C(=O)C(Nc2cccc(Cl)c2C)=C(c2ccc(OC)c(OC)c2)C1=O. The number of amides is 2. The number of anilines is 1. The van der Waals surface area contributed by atoms with Gasteiger partial charge in [-0.15, -0.1) is 6.58 Å². The third kappa shape index (κ3) is 3.71. The van der Waals surface area contributed by atoms with Crippen molar-refractivity contribution in [2.75, 3.05) is 26.1 Å². The van der Waals surface area contributed by atoms with E-state index in [9.17, 15) is 9.59 Å². The van der Waals surface area contributed by atoms with Crippen molar-refractivity contribution in [2.24, 2.45) is 0 Å². The highest BCUT2D eigenvalue weighted by atomic mass is 35.5. The zero-order chi connectivity index (χ0) is 21.1. The van der Waals surface area contributed by atoms with E-state index in [1.807, 2.05) is 6.92 Å². The van der Waals surface area contributed by atoms with Gasteiger partial charge in [-0.3, -0.25) is 14.5 Å². The number of methoxy groups -OCH3 is 2. The van der Waals surface area contributed by atoms with Crippen LogP contribution in [0.25, 0.3) is 5.57 Å². The Morgan fingerprint density at radius 3 is 2.48 bits per heavy atom. The zero-order valence-corrected chi connectivity index (χ0v) is 17.2. The molecule has 2 aromatic carbocycles. The van der Waals surface area contributed by atoms with Crippen LogP contribution >= 0.6 is 11.6 Å². The van der Waals surface area contributed by atoms with Gasteiger partial charge in [0.2, 0.25) is 0 Å². The second kappa shape index (κ2) is 8.41. The minimum absolute atomic E-state index is 0.105. The summed E-state index contributed by atoms with van der Waals surface area (Å²) in [4.78, 5) is 27.2. The van der Waals surface area contributed by atoms with Crippen LogP contribution in [-0.4, -0.2) is 37.5 Å². The number of nitrogens with zero attached hydrogens (tertiary/aromatic N) is 1. The molecule has 0 aromatic heterocycles. The average molecular weight is 413 g/mol. The number of carbonyl (C=O) groups excluding carboxylic acids is 2. The Morgan fingerprint density at radius 2 is 1.83 bits per heavy atom. The molecule has 0 bridgehead atoms. The van der Waals surface area contributed by atoms with Crippen molar-refractivity contribution in [3.63, 3.8) is 0 Å². The summed E-state index contributed by atoms with van der Waals surface area (Å²) >= 11 is 6.21. The normalized spacial score (nSPS) is 13.7. The molecule has 0 atom stereocenters. The molecule has 0 fully saturated rings. The van der Waals surface area contributed by atoms with Crippen LogP contribution in [0, 0.1) is 6.92 Å². The molecular weight excluding hydrogens is 392 g/mol. The van der Waals surface area contributed by atoms with E-state index in [1.54, 1.807) is 36.4 Å². The predicted octanol–water partition coefficient (Wildman–Crippen LogP) is 4.04. The van der Waals surface area contributed by atoms with Crippen LogP contribution in [0.15, 0.2) is 54.8 Å². The van der Waals surface area contributed by atoms with Gasteiger partial charge in [0.25, 0.3) is 11.8 Å². The van der Waals surface area contributed by atoms with E-state index in [2.05, 4.69) is 11.9 Å². The maximum Gasteiger partial charge on any atom is 0.278 e. The van der Waals surface area contributed by atoms with Gasteiger partial charge in [-0.2, -0.15) is 0 Å². The summed E-state index contributed by atoms with van der Waals surface area (Å²) in [6, 6.07) is 10.4. The van der Waals surface area contributed by atoms with E-state index < -0.39 is 11.8 Å². The number of ether oxygens (including phenoxy) is 2. The Morgan fingerprint density at radius 1 is 1.10 bits per heavy atom. The van der Waals surface area contributed by atoms with Crippen molar-refractivity contribution in [1.29, 1.82) is 0 Å². The van der Waals surface area contributed by atoms with E-state index in [1.165, 1.54) is 20.3 Å². The number of hydrogen-bond acceptors (Lipinski definition) is 5. The van der Waals surface area contributed by atoms with Gasteiger partial charge in [0.05, 0.1) is 19.8 Å². The maximum absolute atomic E-state index is 13.1. The Balaban J connectivity index is 2.16. The highest BCUT2D eigenvalue weighted by Gasteiger charge is 2.39. The van der Waals surface area contributed by atoms with Crippen molar-refractivity contribution in [3.05, 3.63) is 70.9 Å². The molecule has 7 heteroatoms. The van der Waals surface area contributed by atoms with E-state index in [0.29, 0.717) is 27.8 Å². The fraction of sp³-hybridized carbons (Fsp3) is 0.182. The number of imide groups is 1. The molecule has 1 aliphatic heterocycles. The second-order valence-electron chi connectivity index (χ2n) is 6.37. The molecule has 0 spiro atoms. The lowest BCUT2D eigenvalue weighted by molar-refractivity contribution is -0.136. The Hall–Kier alpha value is -3.25. The van der Waals surface area contributed by atoms with Crippen LogP contribution in [0.2, 0.25) is 5.02 Å². The van der Waals surface area contributed by atoms with Crippen molar-refractivity contribution in [1.82, 2.24) is 4.90 Å². The Labute approximate surface area is 174 Å². The highest BCUT2D eigenvalue weighted by molar-refractivity contribution is 6.37. The maximum atomic E-state index is 13.1. The summed E-state index contributed by atoms with van der Waals surface area (Å²) in [6.45, 7) is 5.58. The van der Waals surface area contributed by atoms with Crippen molar-refractivity contribution < 1.29 is 19.1 Å². The molecule has 2 aromatic rings. The van der Waals surface area contributed by atoms with Crippen molar-refractivity contribution in [2.45, 2.75) is 6.92 Å². The van der Waals surface area contributed by atoms with Crippen molar-refractivity contribution >= 4 is 34.7 Å². The van der Waals surface area contributed by atoms with Gasteiger partial charge in [-0.05, 0) is 42.3 Å². The summed E-state index contributed by atoms with van der Waals surface area (Å²) in [5, 5.41) is 3.67. The molecule has 0 radical (unpaired) electrons. The third-order valence-corrected chi connectivity index (χ3v) is 5.09. The first kappa shape index (κ1) is 20.5. The number of benzene rings is 2. The summed E-state index contributed by atoms with van der Waals surface area (Å²) < 4.78 is 10.6. The standard InChI is InChI=1S/C22H21ClN2O4/c1-5-11-25-21(26)19(14-9-10-17(28-3)18(12-14)29-4)20(22(25)27)24-16-8-6-7-15(23)13(16)2/h5-10,12,24H,1,11H2,2-4H3. The predicted molar refractivity (Wildman–Crippen MR) is 113 cm³/mol. The fourth-order valence-corrected chi connectivity index (χ4v) is 3.30. The molecule has 1 aliphatic rings. The van der Waals surface area contributed by atoms with Crippen LogP contribution in [-0.2, 0) is 9.59 Å². The molecule has 150 valence electrons. The molecule has 29 heavy (non-hydrogen) atoms. The van der Waals surface area contributed by atoms with E-state index in [4.69, 9.17) is 21.1 Å². The summed E-state index contributed by atoms with van der Waals surface area (Å²) in [7, 11) is 3.04. The van der Waals surface area contributed by atoms with Crippen molar-refractivity contribution in [3.8, 4) is 11.5 Å². The fourth-order valence-electron chi connectivity index (χ4n) is 3.12. The van der Waals surface area contributed by atoms with Crippen LogP contribution < -0.4 is 14.8 Å². The quantitative estimate of drug-likeness (QED) is 0.549. The molecule has 3 rings (SSSR count). The van der Waals surface area contributed by atoms with Gasteiger partial charge in [0.15, 0.2) is 11.5 Å². The number of carbonyl (C=O) groups is 2. The van der Waals surface area contributed by atoms with Gasteiger partial charge in [-0.25, -0.2) is 0 Å². The van der Waals surface area contributed by atoms with Gasteiger partial charge in [0, 0.05) is 17.3 Å². The lowest BCUT2D eigenvalue weighted by atomic mass is 10.0. The number of nitrogens with one attached hydrogen (secondary N) is 1. The molecule has 6 nitrogen and oxygen atoms in total. The third-order valence-electron chi connectivity index (χ3n) is 4.68. The number of hydrogen-bond donors (Lipinski definition) is 1. The van der Waals surface area contributed by atoms with E-state index in [0.717, 1.165) is 10.5 Å². The first-order valence-corrected chi connectivity index (χ1v) is 9.26. The topological polar surface area (TPSA) is 67.9 Å². The highest BCUT2D eigenvalue weighted by Crippen LogP contribution is 2.36. The summed E-state index contributed by atoms with van der Waals surface area (Å²) in [5.74, 6) is 0.137. The number of rotatable bonds is 7. The second-order valence-corrected chi connectivity index (χ2v) is 6.77. The summed E-state index contributed by atoms with van der Waals surface area (Å²) in [6.07, 6.45) is 1.51. The molecule has 0 saturated heterocycles. The molecule has 0 saturated carbocycles. The largest absolute Gasteiger partial charge is 0.493 e. The van der Waals surface area contributed by atoms with Gasteiger partial charge in [-0.1, -0.05) is 29.8 Å². The molecule has 0 aliphatic carbocycles. The smallest absolute Gasteiger partial charge is 0.278 e. The lowest BCUT2D eigenvalue weighted by Crippen LogP contribution is -2.32. The first-order chi connectivity index (χ1) is 13.9. The van der Waals surface area contributed by atoms with Gasteiger partial charge < -0.3 is 14.8 Å². The molecular formula is C22H21ClN2O4. The van der Waals surface area contributed by atoms with Gasteiger partial charge >= 0.3 is 0 Å². The minimum atomic E-state index is -0.431. The molecule has 1 heterocycles. The van der Waals surface area contributed by atoms with E-state index >= 15 is 0 Å². The average Bonchev–Trinajstić information content (AvgIpc) is 2.95. The van der Waals surface area contributed by atoms with E-state index in [-0.39, 0.29) is 17.8 Å². The van der Waals surface area contributed by atoms with Crippen LogP contribution in [0.4, 0.5) is 5.69 Å². The molecule has 0 unspecified atom stereocenters. The van der Waals surface area contributed by atoms with Crippen LogP contribution in [0.5, 0.6) is 11.5 Å². The minimum Gasteiger partial charge on any atom is -0.493 e. The first-order valence-electron chi connectivity index (χ1n) is 8.88. The summed E-state index contributed by atoms with van der Waals surface area (Å²) in [5.41, 5.74) is 2.38. The lowest BCUT2D eigenvalue weighted by Gasteiger charge is -2.13. The monoisotopic (exact) mass is 412 g/mol. The van der Waals surface area contributed by atoms with Crippen LogP contribution in [0.3, 0.4) is 0 Å².